The predicted octanol–water partition coefficient (Wildman–Crippen LogP) is 3.30. The maximum absolute atomic E-state index is 12.9. The molecule has 0 aliphatic heterocycles. The number of rotatable bonds is 3. The summed E-state index contributed by atoms with van der Waals surface area (Å²) < 4.78 is 0. The number of anilines is 1. The summed E-state index contributed by atoms with van der Waals surface area (Å²) in [5.74, 6) is -0.0457. The molecule has 1 amide bonds. The van der Waals surface area contributed by atoms with Crippen molar-refractivity contribution in [3.63, 3.8) is 0 Å². The second-order valence-corrected chi connectivity index (χ2v) is 5.36. The van der Waals surface area contributed by atoms with Gasteiger partial charge in [-0.1, -0.05) is 25.7 Å². The van der Waals surface area contributed by atoms with Crippen LogP contribution in [0.2, 0.25) is 0 Å². The van der Waals surface area contributed by atoms with Crippen molar-refractivity contribution in [2.75, 3.05) is 11.4 Å². The van der Waals surface area contributed by atoms with Crippen LogP contribution < -0.4 is 4.90 Å². The standard InChI is InChI=1S/C16H21N3O/c1-2-19(14-7-11-18-12-8-14)15(20)16(13-17)9-5-3-4-6-10-16/h7-8,11-12H,2-6,9-10H2,1H3. The predicted molar refractivity (Wildman–Crippen MR) is 78.0 cm³/mol. The summed E-state index contributed by atoms with van der Waals surface area (Å²) in [5.41, 5.74) is -0.0122. The van der Waals surface area contributed by atoms with Gasteiger partial charge in [0.25, 0.3) is 0 Å². The van der Waals surface area contributed by atoms with Crippen molar-refractivity contribution in [1.82, 2.24) is 4.98 Å². The van der Waals surface area contributed by atoms with E-state index in [2.05, 4.69) is 11.1 Å². The Morgan fingerprint density at radius 3 is 2.40 bits per heavy atom. The van der Waals surface area contributed by atoms with Gasteiger partial charge in [-0.15, -0.1) is 0 Å². The number of nitriles is 1. The third kappa shape index (κ3) is 2.82. The fourth-order valence-electron chi connectivity index (χ4n) is 2.93. The largest absolute Gasteiger partial charge is 0.311 e. The first-order chi connectivity index (χ1) is 9.73. The lowest BCUT2D eigenvalue weighted by Crippen LogP contribution is -2.43. The first-order valence-corrected chi connectivity index (χ1v) is 7.37. The third-order valence-electron chi connectivity index (χ3n) is 4.12. The van der Waals surface area contributed by atoms with Crippen molar-refractivity contribution in [1.29, 1.82) is 5.26 Å². The number of hydrogen-bond acceptors (Lipinski definition) is 3. The van der Waals surface area contributed by atoms with Crippen LogP contribution in [-0.2, 0) is 4.79 Å². The van der Waals surface area contributed by atoms with E-state index in [-0.39, 0.29) is 5.91 Å². The number of carbonyl (C=O) groups excluding carboxylic acids is 1. The maximum Gasteiger partial charge on any atom is 0.247 e. The van der Waals surface area contributed by atoms with Crippen LogP contribution in [-0.4, -0.2) is 17.4 Å². The van der Waals surface area contributed by atoms with Crippen LogP contribution in [0.25, 0.3) is 0 Å². The van der Waals surface area contributed by atoms with E-state index in [9.17, 15) is 10.1 Å². The Morgan fingerprint density at radius 2 is 1.90 bits per heavy atom. The van der Waals surface area contributed by atoms with Gasteiger partial charge in [-0.05, 0) is 31.9 Å². The van der Waals surface area contributed by atoms with Gasteiger partial charge in [0.1, 0.15) is 5.41 Å². The van der Waals surface area contributed by atoms with Gasteiger partial charge in [-0.25, -0.2) is 0 Å². The van der Waals surface area contributed by atoms with Gasteiger partial charge in [0.2, 0.25) is 5.91 Å². The number of pyridine rings is 1. The van der Waals surface area contributed by atoms with Gasteiger partial charge in [0, 0.05) is 24.6 Å². The van der Waals surface area contributed by atoms with Gasteiger partial charge in [-0.3, -0.25) is 9.78 Å². The summed E-state index contributed by atoms with van der Waals surface area (Å²) in [7, 11) is 0. The fraction of sp³-hybridized carbons (Fsp3) is 0.562. The van der Waals surface area contributed by atoms with Crippen molar-refractivity contribution in [3.8, 4) is 6.07 Å². The van der Waals surface area contributed by atoms with Crippen LogP contribution in [0.3, 0.4) is 0 Å². The van der Waals surface area contributed by atoms with Crippen LogP contribution in [0, 0.1) is 16.7 Å². The highest BCUT2D eigenvalue weighted by Crippen LogP contribution is 2.37. The molecule has 1 aromatic rings. The number of aromatic nitrogens is 1. The van der Waals surface area contributed by atoms with Crippen molar-refractivity contribution >= 4 is 11.6 Å². The summed E-state index contributed by atoms with van der Waals surface area (Å²) in [4.78, 5) is 18.6. The van der Waals surface area contributed by atoms with E-state index in [0.29, 0.717) is 19.4 Å². The van der Waals surface area contributed by atoms with E-state index < -0.39 is 5.41 Å². The molecule has 0 radical (unpaired) electrons. The first kappa shape index (κ1) is 14.5. The number of hydrogen-bond donors (Lipinski definition) is 0. The van der Waals surface area contributed by atoms with E-state index in [0.717, 1.165) is 31.4 Å². The zero-order chi connectivity index (χ0) is 14.4. The Labute approximate surface area is 120 Å². The minimum absolute atomic E-state index is 0.0457. The normalized spacial score (nSPS) is 17.8. The molecular weight excluding hydrogens is 250 g/mol. The molecule has 1 heterocycles. The van der Waals surface area contributed by atoms with Crippen LogP contribution in [0.4, 0.5) is 5.69 Å². The van der Waals surface area contributed by atoms with Crippen molar-refractivity contribution in [2.24, 2.45) is 5.41 Å². The molecule has 4 nitrogen and oxygen atoms in total. The average molecular weight is 271 g/mol. The highest BCUT2D eigenvalue weighted by atomic mass is 16.2. The molecule has 4 heteroatoms. The van der Waals surface area contributed by atoms with E-state index >= 15 is 0 Å². The molecule has 0 spiro atoms. The minimum Gasteiger partial charge on any atom is -0.311 e. The number of nitrogens with zero attached hydrogens (tertiary/aromatic N) is 3. The summed E-state index contributed by atoms with van der Waals surface area (Å²) in [5, 5.41) is 9.62. The molecule has 1 aliphatic carbocycles. The second-order valence-electron chi connectivity index (χ2n) is 5.36. The molecule has 0 aromatic carbocycles. The zero-order valence-electron chi connectivity index (χ0n) is 12.0. The van der Waals surface area contributed by atoms with Gasteiger partial charge in [0.05, 0.1) is 6.07 Å². The Hall–Kier alpha value is -1.89. The van der Waals surface area contributed by atoms with E-state index in [4.69, 9.17) is 0 Å². The topological polar surface area (TPSA) is 57.0 Å². The lowest BCUT2D eigenvalue weighted by Gasteiger charge is -2.31. The lowest BCUT2D eigenvalue weighted by atomic mass is 9.80. The summed E-state index contributed by atoms with van der Waals surface area (Å²) in [6.45, 7) is 2.52. The first-order valence-electron chi connectivity index (χ1n) is 7.37. The highest BCUT2D eigenvalue weighted by Gasteiger charge is 2.41. The fourth-order valence-corrected chi connectivity index (χ4v) is 2.93. The highest BCUT2D eigenvalue weighted by molar-refractivity contribution is 5.99. The zero-order valence-corrected chi connectivity index (χ0v) is 12.0. The molecule has 106 valence electrons. The minimum atomic E-state index is -0.838. The molecule has 1 fully saturated rings. The van der Waals surface area contributed by atoms with Gasteiger partial charge in [-0.2, -0.15) is 5.26 Å². The van der Waals surface area contributed by atoms with E-state index in [1.54, 1.807) is 17.3 Å². The van der Waals surface area contributed by atoms with Crippen molar-refractivity contribution < 1.29 is 4.79 Å². The molecule has 0 saturated heterocycles. The van der Waals surface area contributed by atoms with Crippen LogP contribution in [0.1, 0.15) is 45.4 Å². The van der Waals surface area contributed by atoms with Crippen LogP contribution >= 0.6 is 0 Å². The Morgan fingerprint density at radius 1 is 1.30 bits per heavy atom. The van der Waals surface area contributed by atoms with Crippen LogP contribution in [0.5, 0.6) is 0 Å². The number of carbonyl (C=O) groups is 1. The Kier molecular flexibility index (Phi) is 4.73. The monoisotopic (exact) mass is 271 g/mol. The van der Waals surface area contributed by atoms with Crippen LogP contribution in [0.15, 0.2) is 24.5 Å². The molecular formula is C16H21N3O. The lowest BCUT2D eigenvalue weighted by molar-refractivity contribution is -0.126. The molecule has 0 bridgehead atoms. The summed E-state index contributed by atoms with van der Waals surface area (Å²) in [6.07, 6.45) is 8.90. The third-order valence-corrected chi connectivity index (χ3v) is 4.12. The van der Waals surface area contributed by atoms with Gasteiger partial charge < -0.3 is 4.90 Å². The van der Waals surface area contributed by atoms with Crippen molar-refractivity contribution in [2.45, 2.75) is 45.4 Å². The molecule has 1 aromatic heterocycles. The number of amides is 1. The second kappa shape index (κ2) is 6.51. The summed E-state index contributed by atoms with van der Waals surface area (Å²) in [6, 6.07) is 5.98. The molecule has 20 heavy (non-hydrogen) atoms. The smallest absolute Gasteiger partial charge is 0.247 e. The van der Waals surface area contributed by atoms with Gasteiger partial charge in [0.15, 0.2) is 0 Å². The van der Waals surface area contributed by atoms with E-state index in [1.807, 2.05) is 19.1 Å². The van der Waals surface area contributed by atoms with E-state index in [1.165, 1.54) is 0 Å². The van der Waals surface area contributed by atoms with Gasteiger partial charge >= 0.3 is 0 Å². The Bertz CT molecular complexity index is 484. The molecule has 0 atom stereocenters. The summed E-state index contributed by atoms with van der Waals surface area (Å²) >= 11 is 0. The molecule has 0 unspecified atom stereocenters. The Balaban J connectivity index is 2.29. The van der Waals surface area contributed by atoms with Crippen molar-refractivity contribution in [3.05, 3.63) is 24.5 Å². The maximum atomic E-state index is 12.9. The molecule has 0 N–H and O–H groups in total. The average Bonchev–Trinajstić information content (AvgIpc) is 2.75. The SMILES string of the molecule is CCN(C(=O)C1(C#N)CCCCCC1)c1ccncc1. The molecule has 1 saturated carbocycles. The molecule has 1 aliphatic rings. The molecule has 2 rings (SSSR count). The quantitative estimate of drug-likeness (QED) is 0.792.